The Morgan fingerprint density at radius 2 is 1.18 bits per heavy atom. The Balaban J connectivity index is 1.62. The van der Waals surface area contributed by atoms with E-state index in [1.54, 1.807) is 22.7 Å². The fourth-order valence-corrected chi connectivity index (χ4v) is 5.33. The quantitative estimate of drug-likeness (QED) is 0.381. The van der Waals surface area contributed by atoms with E-state index in [0.29, 0.717) is 0 Å². The average molecular weight is 359 g/mol. The smallest absolute Gasteiger partial charge is 0.212 e. The third-order valence-electron chi connectivity index (χ3n) is 3.36. The molecule has 4 heterocycles. The Morgan fingerprint density at radius 3 is 1.59 bits per heavy atom. The summed E-state index contributed by atoms with van der Waals surface area (Å²) < 4.78 is 0. The summed E-state index contributed by atoms with van der Waals surface area (Å²) in [5, 5.41) is 12.4. The van der Waals surface area contributed by atoms with Crippen LogP contribution in [0.1, 0.15) is 14.5 Å². The number of rotatable bonds is 4. The van der Waals surface area contributed by atoms with Crippen molar-refractivity contribution in [3.63, 3.8) is 0 Å². The standard InChI is InChI=1S/C17H10OS4/c18-17(15-5-13(9-21-15)11-1-3-19-7-11)16-6-14(10-22-16)12-2-4-20-8-12/h1-10H. The Morgan fingerprint density at radius 1 is 0.682 bits per heavy atom. The third-order valence-corrected chi connectivity index (χ3v) is 6.58. The summed E-state index contributed by atoms with van der Waals surface area (Å²) in [6, 6.07) is 8.17. The molecule has 4 aromatic heterocycles. The summed E-state index contributed by atoms with van der Waals surface area (Å²) in [5.74, 6) is 0.123. The molecule has 0 atom stereocenters. The van der Waals surface area contributed by atoms with Crippen LogP contribution in [0.3, 0.4) is 0 Å². The van der Waals surface area contributed by atoms with Gasteiger partial charge in [-0.3, -0.25) is 4.79 Å². The fourth-order valence-electron chi connectivity index (χ4n) is 2.19. The molecule has 0 aliphatic heterocycles. The Labute approximate surface area is 144 Å². The third kappa shape index (κ3) is 2.61. The highest BCUT2D eigenvalue weighted by atomic mass is 32.1. The van der Waals surface area contributed by atoms with Crippen LogP contribution in [-0.2, 0) is 0 Å². The van der Waals surface area contributed by atoms with Gasteiger partial charge in [-0.15, -0.1) is 22.7 Å². The number of carbonyl (C=O) groups is 1. The maximum absolute atomic E-state index is 12.6. The molecule has 4 aromatic rings. The molecule has 0 spiro atoms. The number of carbonyl (C=O) groups excluding carboxylic acids is 1. The SMILES string of the molecule is O=C(c1cc(-c2ccsc2)cs1)c1cc(-c2ccsc2)cs1. The van der Waals surface area contributed by atoms with Crippen molar-refractivity contribution in [2.24, 2.45) is 0 Å². The first-order valence-electron chi connectivity index (χ1n) is 6.58. The van der Waals surface area contributed by atoms with Crippen molar-refractivity contribution in [2.75, 3.05) is 0 Å². The van der Waals surface area contributed by atoms with Crippen LogP contribution in [0.15, 0.2) is 56.5 Å². The van der Waals surface area contributed by atoms with Crippen LogP contribution in [0.4, 0.5) is 0 Å². The zero-order chi connectivity index (χ0) is 14.9. The van der Waals surface area contributed by atoms with Gasteiger partial charge in [-0.1, -0.05) is 0 Å². The summed E-state index contributed by atoms with van der Waals surface area (Å²) in [5.41, 5.74) is 4.63. The zero-order valence-corrected chi connectivity index (χ0v) is 14.6. The minimum atomic E-state index is 0.123. The topological polar surface area (TPSA) is 17.1 Å². The van der Waals surface area contributed by atoms with Crippen molar-refractivity contribution < 1.29 is 4.79 Å². The first-order chi connectivity index (χ1) is 10.8. The lowest BCUT2D eigenvalue weighted by Crippen LogP contribution is -1.94. The average Bonchev–Trinajstić information content (AvgIpc) is 3.35. The highest BCUT2D eigenvalue weighted by molar-refractivity contribution is 7.16. The summed E-state index contributed by atoms with van der Waals surface area (Å²) >= 11 is 6.39. The van der Waals surface area contributed by atoms with Gasteiger partial charge in [0.25, 0.3) is 0 Å². The van der Waals surface area contributed by atoms with Crippen LogP contribution in [-0.4, -0.2) is 5.78 Å². The van der Waals surface area contributed by atoms with Crippen LogP contribution in [0.2, 0.25) is 0 Å². The number of ketones is 1. The van der Waals surface area contributed by atoms with Crippen LogP contribution >= 0.6 is 45.3 Å². The number of hydrogen-bond acceptors (Lipinski definition) is 5. The van der Waals surface area contributed by atoms with E-state index in [4.69, 9.17) is 0 Å². The molecule has 0 unspecified atom stereocenters. The number of hydrogen-bond donors (Lipinski definition) is 0. The molecule has 0 aliphatic rings. The van der Waals surface area contributed by atoms with Gasteiger partial charge in [0.15, 0.2) is 0 Å². The molecule has 0 N–H and O–H groups in total. The zero-order valence-electron chi connectivity index (χ0n) is 11.3. The fraction of sp³-hybridized carbons (Fsp3) is 0. The lowest BCUT2D eigenvalue weighted by atomic mass is 10.1. The highest BCUT2D eigenvalue weighted by Crippen LogP contribution is 2.32. The molecule has 0 saturated heterocycles. The van der Waals surface area contributed by atoms with Crippen molar-refractivity contribution in [3.8, 4) is 22.3 Å². The number of thiophene rings is 4. The van der Waals surface area contributed by atoms with Gasteiger partial charge < -0.3 is 0 Å². The molecule has 108 valence electrons. The van der Waals surface area contributed by atoms with Crippen molar-refractivity contribution in [1.29, 1.82) is 0 Å². The van der Waals surface area contributed by atoms with Crippen LogP contribution in [0.25, 0.3) is 22.3 Å². The van der Waals surface area contributed by atoms with E-state index in [1.165, 1.54) is 33.8 Å². The second-order valence-corrected chi connectivity index (χ2v) is 8.13. The minimum absolute atomic E-state index is 0.123. The van der Waals surface area contributed by atoms with Gasteiger partial charge in [-0.2, -0.15) is 22.7 Å². The van der Waals surface area contributed by atoms with E-state index in [-0.39, 0.29) is 5.78 Å². The predicted molar refractivity (Wildman–Crippen MR) is 98.7 cm³/mol. The molecule has 0 amide bonds. The summed E-state index contributed by atoms with van der Waals surface area (Å²) in [7, 11) is 0. The normalized spacial score (nSPS) is 10.9. The summed E-state index contributed by atoms with van der Waals surface area (Å²) in [6.07, 6.45) is 0. The molecule has 0 bridgehead atoms. The minimum Gasteiger partial charge on any atom is -0.287 e. The Hall–Kier alpha value is -1.53. The van der Waals surface area contributed by atoms with Crippen LogP contribution < -0.4 is 0 Å². The van der Waals surface area contributed by atoms with E-state index < -0.39 is 0 Å². The second kappa shape index (κ2) is 5.93. The highest BCUT2D eigenvalue weighted by Gasteiger charge is 2.15. The molecule has 0 radical (unpaired) electrons. The molecule has 1 nitrogen and oxygen atoms in total. The summed E-state index contributed by atoms with van der Waals surface area (Å²) in [6.45, 7) is 0. The van der Waals surface area contributed by atoms with Gasteiger partial charge in [0, 0.05) is 0 Å². The monoisotopic (exact) mass is 358 g/mol. The van der Waals surface area contributed by atoms with Crippen molar-refractivity contribution in [2.45, 2.75) is 0 Å². The van der Waals surface area contributed by atoms with Gasteiger partial charge in [0.05, 0.1) is 9.75 Å². The van der Waals surface area contributed by atoms with Crippen molar-refractivity contribution >= 4 is 51.1 Å². The van der Waals surface area contributed by atoms with Crippen LogP contribution in [0, 0.1) is 0 Å². The van der Waals surface area contributed by atoms with Crippen LogP contribution in [0.5, 0.6) is 0 Å². The van der Waals surface area contributed by atoms with E-state index >= 15 is 0 Å². The lowest BCUT2D eigenvalue weighted by molar-refractivity contribution is 0.104. The van der Waals surface area contributed by atoms with Crippen molar-refractivity contribution in [1.82, 2.24) is 0 Å². The van der Waals surface area contributed by atoms with E-state index in [0.717, 1.165) is 20.9 Å². The molecular formula is C17H10OS4. The Bertz CT molecular complexity index is 820. The molecule has 4 rings (SSSR count). The summed E-state index contributed by atoms with van der Waals surface area (Å²) in [4.78, 5) is 14.2. The molecule has 0 fully saturated rings. The molecule has 0 aliphatic carbocycles. The maximum Gasteiger partial charge on any atom is 0.212 e. The molecule has 0 saturated carbocycles. The molecule has 0 aromatic carbocycles. The second-order valence-electron chi connectivity index (χ2n) is 4.75. The Kier molecular flexibility index (Phi) is 3.80. The first kappa shape index (κ1) is 14.1. The van der Waals surface area contributed by atoms with Gasteiger partial charge in [0.1, 0.15) is 0 Å². The first-order valence-corrected chi connectivity index (χ1v) is 10.2. The van der Waals surface area contributed by atoms with E-state index in [2.05, 4.69) is 44.4 Å². The van der Waals surface area contributed by atoms with Gasteiger partial charge in [0.2, 0.25) is 5.78 Å². The molecule has 22 heavy (non-hydrogen) atoms. The van der Waals surface area contributed by atoms with E-state index in [9.17, 15) is 4.79 Å². The van der Waals surface area contributed by atoms with Gasteiger partial charge >= 0.3 is 0 Å². The molecule has 5 heteroatoms. The van der Waals surface area contributed by atoms with Gasteiger partial charge in [-0.05, 0) is 78.8 Å². The lowest BCUT2D eigenvalue weighted by Gasteiger charge is -1.93. The van der Waals surface area contributed by atoms with Crippen molar-refractivity contribution in [3.05, 3.63) is 66.3 Å². The molecular weight excluding hydrogens is 348 g/mol. The largest absolute Gasteiger partial charge is 0.287 e. The van der Waals surface area contributed by atoms with Gasteiger partial charge in [-0.25, -0.2) is 0 Å². The predicted octanol–water partition coefficient (Wildman–Crippen LogP) is 6.50. The van der Waals surface area contributed by atoms with E-state index in [1.807, 2.05) is 12.1 Å². The maximum atomic E-state index is 12.6.